The van der Waals surface area contributed by atoms with Crippen molar-refractivity contribution < 1.29 is 32.6 Å². The molecule has 1 aromatic rings. The summed E-state index contributed by atoms with van der Waals surface area (Å²) in [6.45, 7) is -3.57. The highest BCUT2D eigenvalue weighted by Gasteiger charge is 2.07. The number of amides is 3. The molecule has 0 aliphatic heterocycles. The summed E-state index contributed by atoms with van der Waals surface area (Å²) in [5.41, 5.74) is 5.22. The highest BCUT2D eigenvalue weighted by Crippen LogP contribution is 2.15. The number of esters is 1. The van der Waals surface area contributed by atoms with Gasteiger partial charge in [0.1, 0.15) is 5.75 Å². The first-order chi connectivity index (χ1) is 10.4. The number of nitrogens with one attached hydrogen (secondary N) is 1. The van der Waals surface area contributed by atoms with Crippen molar-refractivity contribution in [2.75, 3.05) is 6.61 Å². The molecule has 0 atom stereocenters. The topological polar surface area (TPSA) is 108 Å². The SMILES string of the molecule is NC(=O)NC(=O)COC(=O)/C=C/c1ccc(OC(F)F)cc1. The highest BCUT2D eigenvalue weighted by atomic mass is 19.3. The number of hydrogen-bond donors (Lipinski definition) is 2. The van der Waals surface area contributed by atoms with Crippen LogP contribution in [0.4, 0.5) is 13.6 Å². The molecule has 0 aliphatic carbocycles. The Morgan fingerprint density at radius 1 is 1.23 bits per heavy atom. The van der Waals surface area contributed by atoms with Gasteiger partial charge >= 0.3 is 18.6 Å². The van der Waals surface area contributed by atoms with Gasteiger partial charge in [-0.1, -0.05) is 12.1 Å². The average molecular weight is 314 g/mol. The minimum Gasteiger partial charge on any atom is -0.452 e. The summed E-state index contributed by atoms with van der Waals surface area (Å²) in [5.74, 6) is -1.70. The van der Waals surface area contributed by atoms with E-state index in [2.05, 4.69) is 9.47 Å². The van der Waals surface area contributed by atoms with Crippen molar-refractivity contribution >= 4 is 24.0 Å². The number of ether oxygens (including phenoxy) is 2. The standard InChI is InChI=1S/C13H12F2N2O5/c14-12(15)22-9-4-1-8(2-5-9)3-6-11(19)21-7-10(18)17-13(16)20/h1-6,12H,7H2,(H3,16,17,18,20)/b6-3+. The van der Waals surface area contributed by atoms with Crippen LogP contribution in [0.15, 0.2) is 30.3 Å². The molecular formula is C13H12F2N2O5. The number of benzene rings is 1. The molecule has 0 bridgehead atoms. The van der Waals surface area contributed by atoms with Crippen molar-refractivity contribution in [1.29, 1.82) is 0 Å². The Morgan fingerprint density at radius 3 is 2.41 bits per heavy atom. The number of urea groups is 1. The van der Waals surface area contributed by atoms with Gasteiger partial charge < -0.3 is 15.2 Å². The van der Waals surface area contributed by atoms with Gasteiger partial charge in [0.2, 0.25) is 0 Å². The van der Waals surface area contributed by atoms with Crippen LogP contribution in [0, 0.1) is 0 Å². The number of rotatable bonds is 6. The third kappa shape index (κ3) is 6.98. The summed E-state index contributed by atoms with van der Waals surface area (Å²) in [4.78, 5) is 32.6. The van der Waals surface area contributed by atoms with Crippen LogP contribution < -0.4 is 15.8 Å². The van der Waals surface area contributed by atoms with Gasteiger partial charge in [-0.2, -0.15) is 8.78 Å². The van der Waals surface area contributed by atoms with Crippen molar-refractivity contribution in [2.24, 2.45) is 5.73 Å². The average Bonchev–Trinajstić information content (AvgIpc) is 2.43. The van der Waals surface area contributed by atoms with Crippen LogP contribution in [0.1, 0.15) is 5.56 Å². The molecule has 9 heteroatoms. The van der Waals surface area contributed by atoms with E-state index < -0.39 is 31.1 Å². The second kappa shape index (κ2) is 8.35. The minimum absolute atomic E-state index is 0.0159. The summed E-state index contributed by atoms with van der Waals surface area (Å²) in [6, 6.07) is 4.44. The Bertz CT molecular complexity index is 572. The fourth-order valence-electron chi connectivity index (χ4n) is 1.28. The highest BCUT2D eigenvalue weighted by molar-refractivity contribution is 5.95. The summed E-state index contributed by atoms with van der Waals surface area (Å²) in [5, 5.41) is 1.72. The molecule has 118 valence electrons. The summed E-state index contributed by atoms with van der Waals surface area (Å²) < 4.78 is 32.6. The van der Waals surface area contributed by atoms with Crippen LogP contribution in [0.5, 0.6) is 5.75 Å². The number of nitrogens with two attached hydrogens (primary N) is 1. The molecule has 0 aromatic heterocycles. The Kier molecular flexibility index (Phi) is 6.48. The van der Waals surface area contributed by atoms with E-state index in [9.17, 15) is 23.2 Å². The van der Waals surface area contributed by atoms with Gasteiger partial charge in [-0.05, 0) is 23.8 Å². The van der Waals surface area contributed by atoms with Gasteiger partial charge in [-0.3, -0.25) is 10.1 Å². The van der Waals surface area contributed by atoms with E-state index in [-0.39, 0.29) is 5.75 Å². The fourth-order valence-corrected chi connectivity index (χ4v) is 1.28. The maximum atomic E-state index is 11.9. The van der Waals surface area contributed by atoms with E-state index in [0.29, 0.717) is 5.56 Å². The van der Waals surface area contributed by atoms with E-state index in [1.165, 1.54) is 30.3 Å². The van der Waals surface area contributed by atoms with E-state index in [1.54, 1.807) is 5.32 Å². The molecule has 0 radical (unpaired) electrons. The zero-order chi connectivity index (χ0) is 16.5. The fraction of sp³-hybridized carbons (Fsp3) is 0.154. The van der Waals surface area contributed by atoms with Gasteiger partial charge in [-0.15, -0.1) is 0 Å². The number of carbonyl (C=O) groups is 3. The number of alkyl halides is 2. The number of primary amides is 1. The summed E-state index contributed by atoms with van der Waals surface area (Å²) in [7, 11) is 0. The molecule has 0 fully saturated rings. The molecule has 0 unspecified atom stereocenters. The van der Waals surface area contributed by atoms with Crippen LogP contribution in [0.3, 0.4) is 0 Å². The minimum atomic E-state index is -2.91. The Hall–Kier alpha value is -2.97. The summed E-state index contributed by atoms with van der Waals surface area (Å²) >= 11 is 0. The second-order valence-electron chi connectivity index (χ2n) is 3.80. The first kappa shape index (κ1) is 17.1. The normalized spacial score (nSPS) is 10.5. The lowest BCUT2D eigenvalue weighted by atomic mass is 10.2. The molecule has 0 spiro atoms. The lowest BCUT2D eigenvalue weighted by Gasteiger charge is -2.04. The van der Waals surface area contributed by atoms with Gasteiger partial charge in [0.05, 0.1) is 0 Å². The smallest absolute Gasteiger partial charge is 0.387 e. The molecule has 3 N–H and O–H groups in total. The largest absolute Gasteiger partial charge is 0.452 e. The van der Waals surface area contributed by atoms with Crippen molar-refractivity contribution in [3.63, 3.8) is 0 Å². The zero-order valence-corrected chi connectivity index (χ0v) is 11.1. The maximum Gasteiger partial charge on any atom is 0.387 e. The molecule has 0 aliphatic rings. The number of carbonyl (C=O) groups excluding carboxylic acids is 3. The third-order valence-electron chi connectivity index (χ3n) is 2.13. The molecule has 1 aromatic carbocycles. The lowest BCUT2D eigenvalue weighted by molar-refractivity contribution is -0.143. The Balaban J connectivity index is 2.45. The van der Waals surface area contributed by atoms with Crippen molar-refractivity contribution in [2.45, 2.75) is 6.61 Å². The van der Waals surface area contributed by atoms with Crippen molar-refractivity contribution in [3.8, 4) is 5.75 Å². The van der Waals surface area contributed by atoms with Gasteiger partial charge in [0.25, 0.3) is 5.91 Å². The Labute approximate surface area is 123 Å². The molecule has 0 saturated heterocycles. The second-order valence-corrected chi connectivity index (χ2v) is 3.80. The predicted octanol–water partition coefficient (Wildman–Crippen LogP) is 1.04. The number of imide groups is 1. The molecule has 7 nitrogen and oxygen atoms in total. The molecule has 0 saturated carbocycles. The number of hydrogen-bond acceptors (Lipinski definition) is 5. The molecule has 22 heavy (non-hydrogen) atoms. The molecule has 1 rings (SSSR count). The van der Waals surface area contributed by atoms with Crippen molar-refractivity contribution in [3.05, 3.63) is 35.9 Å². The van der Waals surface area contributed by atoms with Gasteiger partial charge in [-0.25, -0.2) is 9.59 Å². The zero-order valence-electron chi connectivity index (χ0n) is 11.1. The van der Waals surface area contributed by atoms with E-state index in [4.69, 9.17) is 5.73 Å². The first-order valence-electron chi connectivity index (χ1n) is 5.86. The monoisotopic (exact) mass is 314 g/mol. The van der Waals surface area contributed by atoms with E-state index in [0.717, 1.165) is 6.08 Å². The van der Waals surface area contributed by atoms with Crippen molar-refractivity contribution in [1.82, 2.24) is 5.32 Å². The maximum absolute atomic E-state index is 11.9. The van der Waals surface area contributed by atoms with E-state index >= 15 is 0 Å². The van der Waals surface area contributed by atoms with Crippen LogP contribution in [-0.2, 0) is 14.3 Å². The van der Waals surface area contributed by atoms with Crippen LogP contribution >= 0.6 is 0 Å². The van der Waals surface area contributed by atoms with Crippen LogP contribution in [0.2, 0.25) is 0 Å². The summed E-state index contributed by atoms with van der Waals surface area (Å²) in [6.07, 6.45) is 2.38. The van der Waals surface area contributed by atoms with E-state index in [1.807, 2.05) is 0 Å². The quantitative estimate of drug-likeness (QED) is 0.602. The first-order valence-corrected chi connectivity index (χ1v) is 5.86. The van der Waals surface area contributed by atoms with Crippen LogP contribution in [-0.4, -0.2) is 31.1 Å². The van der Waals surface area contributed by atoms with Gasteiger partial charge in [0.15, 0.2) is 6.61 Å². The molecule has 3 amide bonds. The number of halogens is 2. The lowest BCUT2D eigenvalue weighted by Crippen LogP contribution is -2.37. The van der Waals surface area contributed by atoms with Crippen LogP contribution in [0.25, 0.3) is 6.08 Å². The van der Waals surface area contributed by atoms with Gasteiger partial charge in [0, 0.05) is 6.08 Å². The Morgan fingerprint density at radius 2 is 1.86 bits per heavy atom. The molecule has 0 heterocycles. The predicted molar refractivity (Wildman–Crippen MR) is 70.8 cm³/mol. The third-order valence-corrected chi connectivity index (χ3v) is 2.13. The molecular weight excluding hydrogens is 302 g/mol.